The lowest BCUT2D eigenvalue weighted by atomic mass is 9.82. The second-order valence-corrected chi connectivity index (χ2v) is 2.36. The summed E-state index contributed by atoms with van der Waals surface area (Å²) < 4.78 is 4.98. The van der Waals surface area contributed by atoms with Crippen molar-refractivity contribution in [2.24, 2.45) is 0 Å². The molecule has 0 rings (SSSR count). The van der Waals surface area contributed by atoms with Gasteiger partial charge in [-0.05, 0) is 6.42 Å². The number of methoxy groups -OCH3 is 1. The molecule has 0 amide bonds. The molecule has 1 atom stereocenters. The highest BCUT2D eigenvalue weighted by molar-refractivity contribution is 6.41. The molecular weight excluding hydrogens is 131 g/mol. The zero-order valence-corrected chi connectivity index (χ0v) is 6.58. The molecule has 0 saturated heterocycles. The molecule has 0 aromatic heterocycles. The van der Waals surface area contributed by atoms with Gasteiger partial charge in [0.1, 0.15) is 0 Å². The van der Waals surface area contributed by atoms with Crippen molar-refractivity contribution in [3.05, 3.63) is 0 Å². The maximum absolute atomic E-state index is 8.56. The van der Waals surface area contributed by atoms with E-state index in [1.54, 1.807) is 7.11 Å². The van der Waals surface area contributed by atoms with Gasteiger partial charge in [0.2, 0.25) is 0 Å². The monoisotopic (exact) mass is 146 g/mol. The van der Waals surface area contributed by atoms with Crippen LogP contribution in [0.4, 0.5) is 0 Å². The smallest absolute Gasteiger partial charge is 0.427 e. The van der Waals surface area contributed by atoms with Crippen LogP contribution in [0.1, 0.15) is 19.8 Å². The predicted octanol–water partition coefficient (Wildman–Crippen LogP) is 0.274. The van der Waals surface area contributed by atoms with E-state index in [1.807, 2.05) is 6.92 Å². The second-order valence-electron chi connectivity index (χ2n) is 2.36. The van der Waals surface area contributed by atoms with Crippen LogP contribution in [0.25, 0.3) is 0 Å². The molecule has 0 spiro atoms. The third kappa shape index (κ3) is 4.79. The van der Waals surface area contributed by atoms with Gasteiger partial charge in [0, 0.05) is 13.4 Å². The van der Waals surface area contributed by atoms with Gasteiger partial charge in [-0.1, -0.05) is 13.3 Å². The fourth-order valence-corrected chi connectivity index (χ4v) is 0.889. The molecule has 0 heterocycles. The van der Waals surface area contributed by atoms with Gasteiger partial charge in [-0.25, -0.2) is 0 Å². The molecule has 0 aliphatic rings. The highest BCUT2D eigenvalue weighted by Gasteiger charge is 2.15. The largest absolute Gasteiger partial charge is 0.454 e. The summed E-state index contributed by atoms with van der Waals surface area (Å²) in [7, 11) is 0.347. The van der Waals surface area contributed by atoms with Gasteiger partial charge in [0.15, 0.2) is 0 Å². The van der Waals surface area contributed by atoms with Crippen LogP contribution in [0.2, 0.25) is 6.32 Å². The van der Waals surface area contributed by atoms with Crippen molar-refractivity contribution < 1.29 is 14.8 Å². The maximum atomic E-state index is 8.56. The average molecular weight is 146 g/mol. The van der Waals surface area contributed by atoms with Crippen molar-refractivity contribution in [3.8, 4) is 0 Å². The lowest BCUT2D eigenvalue weighted by molar-refractivity contribution is 0.104. The Morgan fingerprint density at radius 2 is 2.10 bits per heavy atom. The van der Waals surface area contributed by atoms with Gasteiger partial charge in [-0.15, -0.1) is 0 Å². The maximum Gasteiger partial charge on any atom is 0.454 e. The molecular formula is C6H15BO3. The summed E-state index contributed by atoms with van der Waals surface area (Å²) in [5, 5.41) is 17.1. The van der Waals surface area contributed by atoms with E-state index in [1.165, 1.54) is 0 Å². The summed E-state index contributed by atoms with van der Waals surface area (Å²) in [4.78, 5) is 0. The molecule has 60 valence electrons. The first kappa shape index (κ1) is 9.94. The molecule has 0 aliphatic carbocycles. The van der Waals surface area contributed by atoms with Crippen molar-refractivity contribution in [2.45, 2.75) is 32.2 Å². The Kier molecular flexibility index (Phi) is 5.68. The first-order valence-electron chi connectivity index (χ1n) is 3.59. The molecule has 2 N–H and O–H groups in total. The van der Waals surface area contributed by atoms with Crippen LogP contribution in [-0.4, -0.2) is 30.4 Å². The van der Waals surface area contributed by atoms with Gasteiger partial charge >= 0.3 is 7.12 Å². The van der Waals surface area contributed by atoms with Gasteiger partial charge in [0.05, 0.1) is 6.10 Å². The molecule has 0 aromatic carbocycles. The van der Waals surface area contributed by atoms with E-state index in [4.69, 9.17) is 14.8 Å². The molecule has 3 nitrogen and oxygen atoms in total. The predicted molar refractivity (Wildman–Crippen MR) is 40.7 cm³/mol. The molecule has 0 aromatic rings. The van der Waals surface area contributed by atoms with E-state index < -0.39 is 7.12 Å². The van der Waals surface area contributed by atoms with Crippen molar-refractivity contribution in [2.75, 3.05) is 7.11 Å². The van der Waals surface area contributed by atoms with E-state index in [2.05, 4.69) is 0 Å². The summed E-state index contributed by atoms with van der Waals surface area (Å²) in [6.45, 7) is 2.04. The van der Waals surface area contributed by atoms with Gasteiger partial charge in [-0.2, -0.15) is 0 Å². The van der Waals surface area contributed by atoms with Crippen molar-refractivity contribution >= 4 is 7.12 Å². The Morgan fingerprint density at radius 1 is 1.50 bits per heavy atom. The van der Waals surface area contributed by atoms with Gasteiger partial charge in [-0.3, -0.25) is 0 Å². The molecule has 10 heavy (non-hydrogen) atoms. The number of rotatable bonds is 5. The van der Waals surface area contributed by atoms with E-state index in [9.17, 15) is 0 Å². The number of hydrogen-bond donors (Lipinski definition) is 2. The van der Waals surface area contributed by atoms with Crippen molar-refractivity contribution in [1.82, 2.24) is 0 Å². The summed E-state index contributed by atoms with van der Waals surface area (Å²) in [6, 6.07) is 0. The molecule has 4 heteroatoms. The van der Waals surface area contributed by atoms with Crippen molar-refractivity contribution in [1.29, 1.82) is 0 Å². The molecule has 1 unspecified atom stereocenters. The van der Waals surface area contributed by atoms with Crippen LogP contribution >= 0.6 is 0 Å². The van der Waals surface area contributed by atoms with Crippen LogP contribution < -0.4 is 0 Å². The molecule has 0 bridgehead atoms. The minimum absolute atomic E-state index is 0.00926. The van der Waals surface area contributed by atoms with E-state index >= 15 is 0 Å². The van der Waals surface area contributed by atoms with Crippen LogP contribution in [0, 0.1) is 0 Å². The normalized spacial score (nSPS) is 13.2. The Bertz CT molecular complexity index is 77.4. The minimum atomic E-state index is -1.24. The highest BCUT2D eigenvalue weighted by Crippen LogP contribution is 2.06. The van der Waals surface area contributed by atoms with E-state index in [0.29, 0.717) is 6.32 Å². The van der Waals surface area contributed by atoms with Crippen molar-refractivity contribution in [3.63, 3.8) is 0 Å². The quantitative estimate of drug-likeness (QED) is 0.547. The van der Waals surface area contributed by atoms with Gasteiger partial charge in [0.25, 0.3) is 0 Å². The first-order valence-corrected chi connectivity index (χ1v) is 3.59. The Labute approximate surface area is 62.2 Å². The van der Waals surface area contributed by atoms with E-state index in [-0.39, 0.29) is 6.10 Å². The fraction of sp³-hybridized carbons (Fsp3) is 1.00. The Morgan fingerprint density at radius 3 is 2.40 bits per heavy atom. The van der Waals surface area contributed by atoms with Gasteiger partial charge < -0.3 is 14.8 Å². The Balaban J connectivity index is 3.39. The average Bonchev–Trinajstić information content (AvgIpc) is 1.86. The zero-order valence-electron chi connectivity index (χ0n) is 6.58. The first-order chi connectivity index (χ1) is 4.70. The van der Waals surface area contributed by atoms with E-state index in [0.717, 1.165) is 12.8 Å². The second kappa shape index (κ2) is 5.71. The van der Waals surface area contributed by atoms with Crippen LogP contribution in [0.15, 0.2) is 0 Å². The minimum Gasteiger partial charge on any atom is -0.427 e. The van der Waals surface area contributed by atoms with Crippen LogP contribution in [0.3, 0.4) is 0 Å². The standard InChI is InChI=1S/C6H15BO3/c1-3-4-6(10-2)5-7(8)9/h6,8-9H,3-5H2,1-2H3. The summed E-state index contributed by atoms with van der Waals surface area (Å²) >= 11 is 0. The summed E-state index contributed by atoms with van der Waals surface area (Å²) in [5.74, 6) is 0. The van der Waals surface area contributed by atoms with Crippen LogP contribution in [-0.2, 0) is 4.74 Å². The fourth-order valence-electron chi connectivity index (χ4n) is 0.889. The number of ether oxygens (including phenoxy) is 1. The molecule has 0 aliphatic heterocycles. The van der Waals surface area contributed by atoms with Crippen LogP contribution in [0.5, 0.6) is 0 Å². The number of hydrogen-bond acceptors (Lipinski definition) is 3. The molecule has 0 saturated carbocycles. The lowest BCUT2D eigenvalue weighted by Crippen LogP contribution is -2.21. The zero-order chi connectivity index (χ0) is 7.98. The summed E-state index contributed by atoms with van der Waals surface area (Å²) in [6.07, 6.45) is 2.19. The molecule has 0 fully saturated rings. The molecule has 0 radical (unpaired) electrons. The SMILES string of the molecule is CCCC(CB(O)O)OC. The highest BCUT2D eigenvalue weighted by atomic mass is 16.5. The third-order valence-corrected chi connectivity index (χ3v) is 1.42. The lowest BCUT2D eigenvalue weighted by Gasteiger charge is -2.12. The third-order valence-electron chi connectivity index (χ3n) is 1.42. The Hall–Kier alpha value is -0.0551. The topological polar surface area (TPSA) is 49.7 Å². The summed E-state index contributed by atoms with van der Waals surface area (Å²) in [5.41, 5.74) is 0.